The van der Waals surface area contributed by atoms with Gasteiger partial charge in [0.2, 0.25) is 5.91 Å². The molecule has 0 unspecified atom stereocenters. The fraction of sp³-hybridized carbons (Fsp3) is 0.476. The largest absolute Gasteiger partial charge is 0.381 e. The van der Waals surface area contributed by atoms with Gasteiger partial charge in [-0.1, -0.05) is 30.3 Å². The average molecular weight is 364 g/mol. The predicted octanol–water partition coefficient (Wildman–Crippen LogP) is 2.62. The molecule has 0 bridgehead atoms. The summed E-state index contributed by atoms with van der Waals surface area (Å²) in [5.41, 5.74) is 3.16. The van der Waals surface area contributed by atoms with Gasteiger partial charge < -0.3 is 14.5 Å². The maximum Gasteiger partial charge on any atom is 0.226 e. The molecule has 140 valence electrons. The maximum absolute atomic E-state index is 13.0. The number of hydrogen-bond acceptors (Lipinski definition) is 5. The molecule has 2 saturated heterocycles. The fourth-order valence-corrected chi connectivity index (χ4v) is 4.10. The van der Waals surface area contributed by atoms with Crippen LogP contribution in [0.1, 0.15) is 30.5 Å². The van der Waals surface area contributed by atoms with Crippen molar-refractivity contribution in [2.45, 2.75) is 32.4 Å². The van der Waals surface area contributed by atoms with Crippen molar-refractivity contribution in [2.24, 2.45) is 5.92 Å². The van der Waals surface area contributed by atoms with Crippen LogP contribution in [0.15, 0.2) is 30.3 Å². The van der Waals surface area contributed by atoms with Crippen LogP contribution in [0.25, 0.3) is 11.4 Å². The Morgan fingerprint density at radius 3 is 2.52 bits per heavy atom. The van der Waals surface area contributed by atoms with E-state index in [9.17, 15) is 4.79 Å². The van der Waals surface area contributed by atoms with Gasteiger partial charge in [0.15, 0.2) is 5.82 Å². The highest BCUT2D eigenvalue weighted by atomic mass is 16.5. The van der Waals surface area contributed by atoms with E-state index in [1.807, 2.05) is 35.2 Å². The average Bonchev–Trinajstić information content (AvgIpc) is 3.12. The fourth-order valence-electron chi connectivity index (χ4n) is 4.10. The molecular weight excluding hydrogens is 340 g/mol. The van der Waals surface area contributed by atoms with Gasteiger partial charge >= 0.3 is 0 Å². The minimum absolute atomic E-state index is 0.0853. The van der Waals surface area contributed by atoms with Gasteiger partial charge in [0, 0.05) is 43.3 Å². The molecular formula is C21H24N4O2. The standard InChI is InChI=1S/C21H24N4O2/c26-21(16-7-11-27-12-8-16)25-13-17-18(14-25)22-19(15-5-2-1-3-6-15)23-20(17)24-9-4-10-24/h1-3,5-6,16H,4,7-14H2. The van der Waals surface area contributed by atoms with Gasteiger partial charge in [0.05, 0.1) is 18.8 Å². The quantitative estimate of drug-likeness (QED) is 0.838. The first-order valence-corrected chi connectivity index (χ1v) is 9.86. The van der Waals surface area contributed by atoms with Gasteiger partial charge in [-0.3, -0.25) is 4.79 Å². The Bertz CT molecular complexity index is 845. The summed E-state index contributed by atoms with van der Waals surface area (Å²) < 4.78 is 5.41. The summed E-state index contributed by atoms with van der Waals surface area (Å²) in [7, 11) is 0. The molecule has 1 aromatic carbocycles. The number of carbonyl (C=O) groups is 1. The van der Waals surface area contributed by atoms with Crippen molar-refractivity contribution >= 4 is 11.7 Å². The van der Waals surface area contributed by atoms with Crippen LogP contribution in [0.5, 0.6) is 0 Å². The van der Waals surface area contributed by atoms with Crippen molar-refractivity contribution in [1.82, 2.24) is 14.9 Å². The molecule has 0 atom stereocenters. The van der Waals surface area contributed by atoms with Gasteiger partial charge in [0.25, 0.3) is 0 Å². The number of ether oxygens (including phenoxy) is 1. The molecule has 0 radical (unpaired) electrons. The smallest absolute Gasteiger partial charge is 0.226 e. The van der Waals surface area contributed by atoms with E-state index in [-0.39, 0.29) is 11.8 Å². The molecule has 4 heterocycles. The first-order valence-electron chi connectivity index (χ1n) is 9.86. The highest BCUT2D eigenvalue weighted by molar-refractivity contribution is 5.80. The molecule has 0 N–H and O–H groups in total. The summed E-state index contributed by atoms with van der Waals surface area (Å²) in [6.45, 7) is 4.67. The lowest BCUT2D eigenvalue weighted by atomic mass is 9.99. The lowest BCUT2D eigenvalue weighted by Crippen LogP contribution is -2.39. The Hall–Kier alpha value is -2.47. The van der Waals surface area contributed by atoms with Crippen molar-refractivity contribution in [1.29, 1.82) is 0 Å². The minimum atomic E-state index is 0.0853. The third kappa shape index (κ3) is 3.08. The van der Waals surface area contributed by atoms with Crippen molar-refractivity contribution in [3.05, 3.63) is 41.6 Å². The highest BCUT2D eigenvalue weighted by Gasteiger charge is 2.34. The molecule has 0 spiro atoms. The predicted molar refractivity (Wildman–Crippen MR) is 102 cm³/mol. The lowest BCUT2D eigenvalue weighted by molar-refractivity contribution is -0.139. The van der Waals surface area contributed by atoms with Crippen LogP contribution in [0.4, 0.5) is 5.82 Å². The van der Waals surface area contributed by atoms with Crippen LogP contribution in [0.3, 0.4) is 0 Å². The Kier molecular flexibility index (Phi) is 4.28. The number of benzene rings is 1. The van der Waals surface area contributed by atoms with E-state index in [1.54, 1.807) is 0 Å². The van der Waals surface area contributed by atoms with Crippen LogP contribution in [0, 0.1) is 5.92 Å². The van der Waals surface area contributed by atoms with E-state index in [1.165, 1.54) is 6.42 Å². The Morgan fingerprint density at radius 2 is 1.81 bits per heavy atom. The zero-order valence-electron chi connectivity index (χ0n) is 15.4. The molecule has 1 aromatic heterocycles. The monoisotopic (exact) mass is 364 g/mol. The SMILES string of the molecule is O=C(C1CCOCC1)N1Cc2nc(-c3ccccc3)nc(N3CCC3)c2C1. The van der Waals surface area contributed by atoms with Crippen LogP contribution < -0.4 is 4.90 Å². The second-order valence-corrected chi connectivity index (χ2v) is 7.58. The zero-order valence-corrected chi connectivity index (χ0v) is 15.4. The Labute approximate surface area is 159 Å². The molecule has 5 rings (SSSR count). The molecule has 2 aromatic rings. The Morgan fingerprint density at radius 1 is 1.04 bits per heavy atom. The van der Waals surface area contributed by atoms with E-state index in [0.29, 0.717) is 26.3 Å². The minimum Gasteiger partial charge on any atom is -0.381 e. The number of aromatic nitrogens is 2. The molecule has 6 heteroatoms. The van der Waals surface area contributed by atoms with E-state index in [0.717, 1.165) is 54.4 Å². The van der Waals surface area contributed by atoms with Crippen molar-refractivity contribution in [3.8, 4) is 11.4 Å². The lowest BCUT2D eigenvalue weighted by Gasteiger charge is -2.33. The molecule has 6 nitrogen and oxygen atoms in total. The van der Waals surface area contributed by atoms with Crippen LogP contribution >= 0.6 is 0 Å². The van der Waals surface area contributed by atoms with Crippen LogP contribution in [0.2, 0.25) is 0 Å². The number of fused-ring (bicyclic) bond motifs is 1. The van der Waals surface area contributed by atoms with Crippen LogP contribution in [-0.4, -0.2) is 47.1 Å². The topological polar surface area (TPSA) is 58.6 Å². The number of rotatable bonds is 3. The first-order chi connectivity index (χ1) is 13.3. The van der Waals surface area contributed by atoms with Gasteiger partial charge in [-0.25, -0.2) is 9.97 Å². The number of nitrogens with zero attached hydrogens (tertiary/aromatic N) is 4. The summed E-state index contributed by atoms with van der Waals surface area (Å²) in [6, 6.07) is 10.1. The maximum atomic E-state index is 13.0. The zero-order chi connectivity index (χ0) is 18.2. The normalized spacial score (nSPS) is 19.7. The number of anilines is 1. The van der Waals surface area contributed by atoms with Gasteiger partial charge in [-0.15, -0.1) is 0 Å². The van der Waals surface area contributed by atoms with E-state index in [2.05, 4.69) is 4.90 Å². The van der Waals surface area contributed by atoms with E-state index >= 15 is 0 Å². The summed E-state index contributed by atoms with van der Waals surface area (Å²) in [6.07, 6.45) is 2.85. The first kappa shape index (κ1) is 16.7. The highest BCUT2D eigenvalue weighted by Crippen LogP contribution is 2.34. The summed E-state index contributed by atoms with van der Waals surface area (Å²) in [5, 5.41) is 0. The molecule has 1 amide bonds. The number of hydrogen-bond donors (Lipinski definition) is 0. The van der Waals surface area contributed by atoms with Crippen molar-refractivity contribution < 1.29 is 9.53 Å². The van der Waals surface area contributed by atoms with Crippen molar-refractivity contribution in [3.63, 3.8) is 0 Å². The third-order valence-corrected chi connectivity index (χ3v) is 5.83. The second-order valence-electron chi connectivity index (χ2n) is 7.58. The second kappa shape index (κ2) is 6.93. The molecule has 2 fully saturated rings. The van der Waals surface area contributed by atoms with E-state index in [4.69, 9.17) is 14.7 Å². The van der Waals surface area contributed by atoms with Gasteiger partial charge in [0.1, 0.15) is 5.82 Å². The third-order valence-electron chi connectivity index (χ3n) is 5.83. The number of amides is 1. The van der Waals surface area contributed by atoms with Crippen LogP contribution in [-0.2, 0) is 22.6 Å². The van der Waals surface area contributed by atoms with Crippen molar-refractivity contribution in [2.75, 3.05) is 31.2 Å². The molecule has 0 aliphatic carbocycles. The Balaban J connectivity index is 1.46. The van der Waals surface area contributed by atoms with Gasteiger partial charge in [-0.2, -0.15) is 0 Å². The van der Waals surface area contributed by atoms with Gasteiger partial charge in [-0.05, 0) is 19.3 Å². The molecule has 3 aliphatic rings. The van der Waals surface area contributed by atoms with E-state index < -0.39 is 0 Å². The number of carbonyl (C=O) groups excluding carboxylic acids is 1. The molecule has 3 aliphatic heterocycles. The summed E-state index contributed by atoms with van der Waals surface area (Å²) in [5.74, 6) is 2.11. The molecule has 27 heavy (non-hydrogen) atoms. The molecule has 0 saturated carbocycles. The summed E-state index contributed by atoms with van der Waals surface area (Å²) >= 11 is 0. The summed E-state index contributed by atoms with van der Waals surface area (Å²) in [4.78, 5) is 27.0.